The maximum Gasteiger partial charge on any atom is 0.282 e. The van der Waals surface area contributed by atoms with Crippen molar-refractivity contribution in [1.82, 2.24) is 4.98 Å². The van der Waals surface area contributed by atoms with E-state index < -0.39 is 29.2 Å². The number of aromatic amines is 1. The number of alkyl halides is 2. The van der Waals surface area contributed by atoms with Gasteiger partial charge in [0.25, 0.3) is 12.3 Å². The van der Waals surface area contributed by atoms with E-state index in [1.807, 2.05) is 0 Å². The standard InChI is InChI=1S/C8H8F2N2O3/c1-15-6-4(13)2-3(8(11)14)12-5(6)7(9)10/h2,7H,1H3,(H2,11,14)(H,12,13). The van der Waals surface area contributed by atoms with E-state index in [-0.39, 0.29) is 5.69 Å². The smallest absolute Gasteiger partial charge is 0.282 e. The van der Waals surface area contributed by atoms with Crippen LogP contribution in [0.3, 0.4) is 0 Å². The lowest BCUT2D eigenvalue weighted by Crippen LogP contribution is -2.19. The highest BCUT2D eigenvalue weighted by Gasteiger charge is 2.19. The Kier molecular flexibility index (Phi) is 3.03. The second-order valence-electron chi connectivity index (χ2n) is 2.66. The molecule has 0 saturated heterocycles. The van der Waals surface area contributed by atoms with E-state index in [0.29, 0.717) is 0 Å². The number of primary amides is 1. The van der Waals surface area contributed by atoms with E-state index in [1.165, 1.54) is 0 Å². The van der Waals surface area contributed by atoms with E-state index in [2.05, 4.69) is 9.72 Å². The number of halogens is 2. The maximum atomic E-state index is 12.4. The van der Waals surface area contributed by atoms with Crippen LogP contribution in [0.25, 0.3) is 0 Å². The highest BCUT2D eigenvalue weighted by molar-refractivity contribution is 5.90. The first-order chi connectivity index (χ1) is 6.97. The zero-order chi connectivity index (χ0) is 11.6. The van der Waals surface area contributed by atoms with Crippen LogP contribution in [-0.4, -0.2) is 18.0 Å². The van der Waals surface area contributed by atoms with Gasteiger partial charge >= 0.3 is 0 Å². The van der Waals surface area contributed by atoms with Crippen molar-refractivity contribution >= 4 is 5.91 Å². The van der Waals surface area contributed by atoms with Gasteiger partial charge < -0.3 is 15.5 Å². The van der Waals surface area contributed by atoms with Crippen molar-refractivity contribution in [2.45, 2.75) is 6.43 Å². The summed E-state index contributed by atoms with van der Waals surface area (Å²) >= 11 is 0. The normalized spacial score (nSPS) is 10.4. The predicted molar refractivity (Wildman–Crippen MR) is 47.1 cm³/mol. The predicted octanol–water partition coefficient (Wildman–Crippen LogP) is 0.420. The summed E-state index contributed by atoms with van der Waals surface area (Å²) in [6.07, 6.45) is -2.95. The molecule has 82 valence electrons. The Bertz CT molecular complexity index is 442. The number of amides is 1. The van der Waals surface area contributed by atoms with Gasteiger partial charge in [0.2, 0.25) is 5.43 Å². The summed E-state index contributed by atoms with van der Waals surface area (Å²) in [5.74, 6) is -1.51. The number of nitrogens with one attached hydrogen (secondary N) is 1. The number of aromatic nitrogens is 1. The summed E-state index contributed by atoms with van der Waals surface area (Å²) in [6.45, 7) is 0. The fraction of sp³-hybridized carbons (Fsp3) is 0.250. The average Bonchev–Trinajstić information content (AvgIpc) is 2.16. The Morgan fingerprint density at radius 3 is 2.60 bits per heavy atom. The molecule has 0 unspecified atom stereocenters. The molecule has 5 nitrogen and oxygen atoms in total. The summed E-state index contributed by atoms with van der Waals surface area (Å²) in [6, 6.07) is 0.813. The SMILES string of the molecule is COc1c(C(F)F)[nH]c(C(N)=O)cc1=O. The van der Waals surface area contributed by atoms with Crippen LogP contribution >= 0.6 is 0 Å². The molecule has 0 saturated carbocycles. The van der Waals surface area contributed by atoms with E-state index in [0.717, 1.165) is 13.2 Å². The monoisotopic (exact) mass is 218 g/mol. The summed E-state index contributed by atoms with van der Waals surface area (Å²) in [7, 11) is 1.08. The summed E-state index contributed by atoms with van der Waals surface area (Å²) in [4.78, 5) is 24.0. The highest BCUT2D eigenvalue weighted by atomic mass is 19.3. The zero-order valence-corrected chi connectivity index (χ0v) is 7.71. The highest BCUT2D eigenvalue weighted by Crippen LogP contribution is 2.23. The molecule has 0 spiro atoms. The lowest BCUT2D eigenvalue weighted by atomic mass is 10.2. The summed E-state index contributed by atoms with van der Waals surface area (Å²) in [5.41, 5.74) is 2.90. The fourth-order valence-corrected chi connectivity index (χ4v) is 1.06. The molecule has 0 bridgehead atoms. The first kappa shape index (κ1) is 11.2. The zero-order valence-electron chi connectivity index (χ0n) is 7.71. The number of carbonyl (C=O) groups is 1. The Hall–Kier alpha value is -1.92. The number of pyridine rings is 1. The molecule has 0 fully saturated rings. The molecule has 3 N–H and O–H groups in total. The molecule has 0 aliphatic rings. The molecule has 0 aliphatic carbocycles. The third kappa shape index (κ3) is 2.12. The molecular formula is C8H8F2N2O3. The van der Waals surface area contributed by atoms with Crippen molar-refractivity contribution in [2.75, 3.05) is 7.11 Å². The maximum absolute atomic E-state index is 12.4. The molecule has 0 aromatic carbocycles. The number of nitrogens with two attached hydrogens (primary N) is 1. The third-order valence-corrected chi connectivity index (χ3v) is 1.70. The van der Waals surface area contributed by atoms with E-state index in [1.54, 1.807) is 0 Å². The molecule has 1 aromatic heterocycles. The first-order valence-electron chi connectivity index (χ1n) is 3.86. The van der Waals surface area contributed by atoms with E-state index in [4.69, 9.17) is 5.73 Å². The van der Waals surface area contributed by atoms with Crippen molar-refractivity contribution in [2.24, 2.45) is 5.73 Å². The Morgan fingerprint density at radius 2 is 2.20 bits per heavy atom. The molecule has 1 amide bonds. The lowest BCUT2D eigenvalue weighted by molar-refractivity contribution is 0.0992. The largest absolute Gasteiger partial charge is 0.491 e. The number of methoxy groups -OCH3 is 1. The minimum absolute atomic E-state index is 0.379. The van der Waals surface area contributed by atoms with Gasteiger partial charge in [-0.2, -0.15) is 0 Å². The number of ether oxygens (including phenoxy) is 1. The molecule has 7 heteroatoms. The van der Waals surface area contributed by atoms with Gasteiger partial charge in [0.1, 0.15) is 11.4 Å². The molecule has 1 heterocycles. The summed E-state index contributed by atoms with van der Waals surface area (Å²) in [5, 5.41) is 0. The number of carbonyl (C=O) groups excluding carboxylic acids is 1. The van der Waals surface area contributed by atoms with E-state index in [9.17, 15) is 18.4 Å². The summed E-state index contributed by atoms with van der Waals surface area (Å²) < 4.78 is 29.4. The number of hydrogen-bond acceptors (Lipinski definition) is 3. The van der Waals surface area contributed by atoms with Crippen LogP contribution in [0, 0.1) is 0 Å². The molecule has 0 radical (unpaired) electrons. The van der Waals surface area contributed by atoms with Crippen LogP contribution in [0.5, 0.6) is 5.75 Å². The van der Waals surface area contributed by atoms with Crippen molar-refractivity contribution < 1.29 is 18.3 Å². The van der Waals surface area contributed by atoms with Gasteiger partial charge in [-0.25, -0.2) is 8.78 Å². The van der Waals surface area contributed by atoms with Gasteiger partial charge in [-0.15, -0.1) is 0 Å². The third-order valence-electron chi connectivity index (χ3n) is 1.70. The Morgan fingerprint density at radius 1 is 1.60 bits per heavy atom. The average molecular weight is 218 g/mol. The van der Waals surface area contributed by atoms with Crippen LogP contribution in [0.4, 0.5) is 8.78 Å². The fourth-order valence-electron chi connectivity index (χ4n) is 1.06. The molecular weight excluding hydrogens is 210 g/mol. The van der Waals surface area contributed by atoms with Gasteiger partial charge in [-0.1, -0.05) is 0 Å². The molecule has 1 aromatic rings. The number of H-pyrrole nitrogens is 1. The van der Waals surface area contributed by atoms with Crippen LogP contribution in [0.2, 0.25) is 0 Å². The van der Waals surface area contributed by atoms with Gasteiger partial charge in [-0.05, 0) is 0 Å². The minimum Gasteiger partial charge on any atom is -0.491 e. The van der Waals surface area contributed by atoms with Gasteiger partial charge in [0.05, 0.1) is 7.11 Å². The van der Waals surface area contributed by atoms with Crippen molar-refractivity contribution in [3.63, 3.8) is 0 Å². The lowest BCUT2D eigenvalue weighted by Gasteiger charge is -2.07. The van der Waals surface area contributed by atoms with Crippen LogP contribution in [0.15, 0.2) is 10.9 Å². The van der Waals surface area contributed by atoms with Gasteiger partial charge in [0.15, 0.2) is 5.75 Å². The van der Waals surface area contributed by atoms with Crippen molar-refractivity contribution in [3.05, 3.63) is 27.7 Å². The molecule has 0 atom stereocenters. The van der Waals surface area contributed by atoms with Gasteiger partial charge in [-0.3, -0.25) is 9.59 Å². The number of hydrogen-bond donors (Lipinski definition) is 2. The Balaban J connectivity index is 3.46. The van der Waals surface area contributed by atoms with Crippen LogP contribution in [0.1, 0.15) is 22.6 Å². The van der Waals surface area contributed by atoms with E-state index >= 15 is 0 Å². The topological polar surface area (TPSA) is 85.2 Å². The van der Waals surface area contributed by atoms with Crippen LogP contribution < -0.4 is 15.9 Å². The quantitative estimate of drug-likeness (QED) is 0.770. The first-order valence-corrected chi connectivity index (χ1v) is 3.86. The minimum atomic E-state index is -2.95. The number of rotatable bonds is 3. The van der Waals surface area contributed by atoms with Crippen LogP contribution in [-0.2, 0) is 0 Å². The van der Waals surface area contributed by atoms with Crippen molar-refractivity contribution in [3.8, 4) is 5.75 Å². The van der Waals surface area contributed by atoms with Gasteiger partial charge in [0, 0.05) is 6.07 Å². The Labute approximate surface area is 82.9 Å². The second-order valence-corrected chi connectivity index (χ2v) is 2.66. The van der Waals surface area contributed by atoms with Crippen molar-refractivity contribution in [1.29, 1.82) is 0 Å². The molecule has 15 heavy (non-hydrogen) atoms. The molecule has 0 aliphatic heterocycles. The molecule has 1 rings (SSSR count). The second kappa shape index (κ2) is 4.07.